The molecule has 2 aliphatic rings. The van der Waals surface area contributed by atoms with Crippen LogP contribution in [-0.2, 0) is 9.59 Å². The molecule has 0 spiro atoms. The molecule has 0 saturated carbocycles. The van der Waals surface area contributed by atoms with Crippen molar-refractivity contribution in [2.75, 3.05) is 14.1 Å². The van der Waals surface area contributed by atoms with Gasteiger partial charge in [-0.1, -0.05) is 43.1 Å². The molecular weight excluding hydrogens is 359 g/mol. The van der Waals surface area contributed by atoms with Crippen molar-refractivity contribution >= 4 is 34.9 Å². The van der Waals surface area contributed by atoms with Crippen LogP contribution in [0.1, 0.15) is 44.6 Å². The summed E-state index contributed by atoms with van der Waals surface area (Å²) >= 11 is 12.2. The van der Waals surface area contributed by atoms with Crippen molar-refractivity contribution < 1.29 is 9.59 Å². The zero-order valence-corrected chi connectivity index (χ0v) is 16.4. The molecule has 1 aliphatic carbocycles. The van der Waals surface area contributed by atoms with Gasteiger partial charge in [-0.05, 0) is 29.5 Å². The van der Waals surface area contributed by atoms with E-state index in [1.165, 1.54) is 0 Å². The van der Waals surface area contributed by atoms with Gasteiger partial charge in [0, 0.05) is 44.1 Å². The fourth-order valence-electron chi connectivity index (χ4n) is 3.88. The number of hydrogen-bond donors (Lipinski definition) is 0. The van der Waals surface area contributed by atoms with E-state index in [2.05, 4.69) is 13.8 Å². The first kappa shape index (κ1) is 18.4. The molecule has 1 atom stereocenters. The number of nitrogens with zero attached hydrogens (tertiary/aromatic N) is 2. The number of allylic oxidation sites excluding steroid dienone is 2. The normalized spacial score (nSPS) is 23.3. The second-order valence-electron chi connectivity index (χ2n) is 7.78. The lowest BCUT2D eigenvalue weighted by atomic mass is 9.69. The summed E-state index contributed by atoms with van der Waals surface area (Å²) in [6, 6.07) is 5.35. The minimum absolute atomic E-state index is 0.00896. The first-order valence-corrected chi connectivity index (χ1v) is 9.08. The number of Topliss-reactive ketones (excluding diaryl/α,β-unsaturated/α-hetero) is 1. The molecule has 0 aromatic heterocycles. The zero-order chi connectivity index (χ0) is 18.5. The van der Waals surface area contributed by atoms with Crippen LogP contribution in [0.5, 0.6) is 0 Å². The van der Waals surface area contributed by atoms with E-state index in [1.54, 1.807) is 22.2 Å². The molecule has 0 radical (unpaired) electrons. The topological polar surface area (TPSA) is 40.6 Å². The maximum atomic E-state index is 13.0. The Balaban J connectivity index is 2.17. The highest BCUT2D eigenvalue weighted by atomic mass is 35.5. The number of rotatable bonds is 2. The van der Waals surface area contributed by atoms with Gasteiger partial charge in [-0.15, -0.1) is 0 Å². The third-order valence-corrected chi connectivity index (χ3v) is 5.60. The lowest BCUT2D eigenvalue weighted by Gasteiger charge is -2.44. The number of carbonyl (C=O) groups excluding carboxylic acids is 2. The molecule has 1 aromatic rings. The highest BCUT2D eigenvalue weighted by Gasteiger charge is 2.44. The van der Waals surface area contributed by atoms with E-state index in [4.69, 9.17) is 23.2 Å². The molecule has 1 aromatic carbocycles. The number of hydrazine groups is 1. The van der Waals surface area contributed by atoms with Gasteiger partial charge in [0.25, 0.3) is 0 Å². The van der Waals surface area contributed by atoms with Crippen LogP contribution in [0.2, 0.25) is 10.0 Å². The summed E-state index contributed by atoms with van der Waals surface area (Å²) in [5.74, 6) is -0.163. The molecule has 1 amide bonds. The summed E-state index contributed by atoms with van der Waals surface area (Å²) < 4.78 is 0. The summed E-state index contributed by atoms with van der Waals surface area (Å²) in [4.78, 5) is 25.8. The Morgan fingerprint density at radius 2 is 1.80 bits per heavy atom. The lowest BCUT2D eigenvalue weighted by Crippen LogP contribution is -2.49. The highest BCUT2D eigenvalue weighted by Crippen LogP contribution is 2.47. The van der Waals surface area contributed by atoms with Crippen molar-refractivity contribution in [1.82, 2.24) is 10.0 Å². The van der Waals surface area contributed by atoms with Gasteiger partial charge >= 0.3 is 0 Å². The fourth-order valence-corrected chi connectivity index (χ4v) is 4.18. The Labute approximate surface area is 158 Å². The quantitative estimate of drug-likeness (QED) is 0.761. The maximum absolute atomic E-state index is 13.0. The minimum atomic E-state index is -0.267. The molecule has 6 heteroatoms. The van der Waals surface area contributed by atoms with E-state index in [9.17, 15) is 9.59 Å². The van der Waals surface area contributed by atoms with Gasteiger partial charge in [-0.2, -0.15) is 0 Å². The summed E-state index contributed by atoms with van der Waals surface area (Å²) in [6.07, 6.45) is 1.43. The minimum Gasteiger partial charge on any atom is -0.294 e. The number of carbonyl (C=O) groups is 2. The van der Waals surface area contributed by atoms with Crippen molar-refractivity contribution in [2.45, 2.75) is 39.0 Å². The predicted octanol–water partition coefficient (Wildman–Crippen LogP) is 4.43. The molecule has 1 aliphatic heterocycles. The third kappa shape index (κ3) is 3.35. The van der Waals surface area contributed by atoms with Crippen molar-refractivity contribution in [3.8, 4) is 0 Å². The van der Waals surface area contributed by atoms with E-state index < -0.39 is 0 Å². The number of hydrogen-bond acceptors (Lipinski definition) is 3. The molecule has 1 unspecified atom stereocenters. The average Bonchev–Trinajstić information content (AvgIpc) is 2.47. The van der Waals surface area contributed by atoms with Gasteiger partial charge in [0.2, 0.25) is 5.91 Å². The highest BCUT2D eigenvalue weighted by molar-refractivity contribution is 6.42. The standard InChI is InChI=1S/C19H22Cl2N2O2/c1-19(2)9-15-18(16(24)10-19)12(8-17(25)23(15)22(3)4)11-5-6-13(20)14(21)7-11/h5-7,12H,8-10H2,1-4H3. The Kier molecular flexibility index (Phi) is 4.73. The maximum Gasteiger partial charge on any atom is 0.242 e. The van der Waals surface area contributed by atoms with Crippen LogP contribution in [0.25, 0.3) is 0 Å². The van der Waals surface area contributed by atoms with Gasteiger partial charge in [0.05, 0.1) is 10.0 Å². The predicted molar refractivity (Wildman–Crippen MR) is 99.4 cm³/mol. The second kappa shape index (κ2) is 6.42. The first-order chi connectivity index (χ1) is 11.6. The average molecular weight is 381 g/mol. The number of ketones is 1. The number of amides is 1. The molecule has 0 saturated heterocycles. The van der Waals surface area contributed by atoms with Crippen LogP contribution in [0, 0.1) is 5.41 Å². The Morgan fingerprint density at radius 3 is 2.40 bits per heavy atom. The van der Waals surface area contributed by atoms with Crippen molar-refractivity contribution in [3.05, 3.63) is 45.1 Å². The molecule has 3 rings (SSSR count). The van der Waals surface area contributed by atoms with Crippen molar-refractivity contribution in [1.29, 1.82) is 0 Å². The summed E-state index contributed by atoms with van der Waals surface area (Å²) in [7, 11) is 3.65. The molecule has 134 valence electrons. The van der Waals surface area contributed by atoms with Gasteiger partial charge in [-0.3, -0.25) is 9.59 Å². The van der Waals surface area contributed by atoms with Gasteiger partial charge in [0.15, 0.2) is 5.78 Å². The molecule has 0 bridgehead atoms. The van der Waals surface area contributed by atoms with Gasteiger partial charge in [-0.25, -0.2) is 10.0 Å². The SMILES string of the molecule is CN(C)N1C(=O)CC(c2ccc(Cl)c(Cl)c2)C2=C1CC(C)(C)CC2=O. The molecule has 4 nitrogen and oxygen atoms in total. The molecule has 0 N–H and O–H groups in total. The van der Waals surface area contributed by atoms with E-state index >= 15 is 0 Å². The van der Waals surface area contributed by atoms with Gasteiger partial charge < -0.3 is 0 Å². The van der Waals surface area contributed by atoms with Crippen molar-refractivity contribution in [2.24, 2.45) is 5.41 Å². The molecule has 1 heterocycles. The van der Waals surface area contributed by atoms with Gasteiger partial charge in [0.1, 0.15) is 0 Å². The molecule has 25 heavy (non-hydrogen) atoms. The summed E-state index contributed by atoms with van der Waals surface area (Å²) in [6.45, 7) is 4.13. The monoisotopic (exact) mass is 380 g/mol. The van der Waals surface area contributed by atoms with E-state index in [0.29, 0.717) is 22.9 Å². The summed E-state index contributed by atoms with van der Waals surface area (Å²) in [5.41, 5.74) is 2.26. The van der Waals surface area contributed by atoms with E-state index in [0.717, 1.165) is 16.8 Å². The van der Waals surface area contributed by atoms with Crippen LogP contribution < -0.4 is 0 Å². The first-order valence-electron chi connectivity index (χ1n) is 8.32. The Hall–Kier alpha value is -1.36. The van der Waals surface area contributed by atoms with Crippen molar-refractivity contribution in [3.63, 3.8) is 0 Å². The van der Waals surface area contributed by atoms with E-state index in [-0.39, 0.29) is 29.4 Å². The lowest BCUT2D eigenvalue weighted by molar-refractivity contribution is -0.143. The molecule has 0 fully saturated rings. The zero-order valence-electron chi connectivity index (χ0n) is 14.9. The Bertz CT molecular complexity index is 784. The van der Waals surface area contributed by atoms with Crippen LogP contribution >= 0.6 is 23.2 Å². The third-order valence-electron chi connectivity index (χ3n) is 4.86. The largest absolute Gasteiger partial charge is 0.294 e. The van der Waals surface area contributed by atoms with Crippen LogP contribution in [-0.4, -0.2) is 35.8 Å². The number of halogens is 2. The smallest absolute Gasteiger partial charge is 0.242 e. The van der Waals surface area contributed by atoms with Crippen LogP contribution in [0.3, 0.4) is 0 Å². The summed E-state index contributed by atoms with van der Waals surface area (Å²) in [5, 5.41) is 4.32. The second-order valence-corrected chi connectivity index (χ2v) is 8.60. The van der Waals surface area contributed by atoms with Crippen LogP contribution in [0.4, 0.5) is 0 Å². The Morgan fingerprint density at radius 1 is 1.12 bits per heavy atom. The van der Waals surface area contributed by atoms with E-state index in [1.807, 2.05) is 20.2 Å². The molecular formula is C19H22Cl2N2O2. The van der Waals surface area contributed by atoms with Crippen LogP contribution in [0.15, 0.2) is 29.5 Å². The fraction of sp³-hybridized carbons (Fsp3) is 0.474. The number of benzene rings is 1.